The van der Waals surface area contributed by atoms with Crippen LogP contribution in [0.3, 0.4) is 0 Å². The molecule has 1 aromatic rings. The Morgan fingerprint density at radius 3 is 2.06 bits per heavy atom. The minimum absolute atomic E-state index is 0.142. The van der Waals surface area contributed by atoms with E-state index in [1.807, 2.05) is 0 Å². The van der Waals surface area contributed by atoms with E-state index < -0.39 is 10.0 Å². The van der Waals surface area contributed by atoms with Crippen molar-refractivity contribution in [2.75, 3.05) is 12.3 Å². The molecule has 0 heterocycles. The molecule has 1 aromatic carbocycles. The Hall–Kier alpha value is -0.870. The fourth-order valence-corrected chi connectivity index (χ4v) is 2.32. The molecule has 3 nitrogen and oxygen atoms in total. The fraction of sp³-hybridized carbons (Fsp3) is 0.571. The van der Waals surface area contributed by atoms with Gasteiger partial charge in [-0.15, -0.1) is 0 Å². The number of sulfonamides is 1. The molecule has 0 bridgehead atoms. The van der Waals surface area contributed by atoms with Crippen LogP contribution in [-0.4, -0.2) is 20.7 Å². The highest BCUT2D eigenvalue weighted by Crippen LogP contribution is 2.08. The normalized spacial score (nSPS) is 11.7. The third-order valence-corrected chi connectivity index (χ3v) is 4.36. The summed E-state index contributed by atoms with van der Waals surface area (Å²) in [5.41, 5.74) is 2.53. The number of hydrogen-bond acceptors (Lipinski definition) is 2. The minimum atomic E-state index is -3.06. The minimum Gasteiger partial charge on any atom is -0.215 e. The maximum Gasteiger partial charge on any atom is 0.211 e. The topological polar surface area (TPSA) is 46.2 Å². The lowest BCUT2D eigenvalue weighted by Gasteiger charge is -2.05. The molecule has 0 radical (unpaired) electrons. The van der Waals surface area contributed by atoms with Crippen molar-refractivity contribution in [3.63, 3.8) is 0 Å². The molecule has 0 saturated heterocycles. The van der Waals surface area contributed by atoms with Gasteiger partial charge in [-0.3, -0.25) is 0 Å². The molecule has 0 aliphatic carbocycles. The van der Waals surface area contributed by atoms with Crippen molar-refractivity contribution in [2.24, 2.45) is 0 Å². The average molecular weight is 269 g/mol. The lowest BCUT2D eigenvalue weighted by Crippen LogP contribution is -2.27. The fourth-order valence-electron chi connectivity index (χ4n) is 1.71. The van der Waals surface area contributed by atoms with E-state index in [1.54, 1.807) is 6.92 Å². The predicted octanol–water partition coefficient (Wildman–Crippen LogP) is 2.51. The summed E-state index contributed by atoms with van der Waals surface area (Å²) in [6.45, 7) is 4.31. The Kier molecular flexibility index (Phi) is 6.36. The third kappa shape index (κ3) is 5.65. The molecule has 0 fully saturated rings. The van der Waals surface area contributed by atoms with Crippen molar-refractivity contribution in [1.82, 2.24) is 4.72 Å². The molecule has 102 valence electrons. The van der Waals surface area contributed by atoms with Crippen LogP contribution in [0.2, 0.25) is 0 Å². The van der Waals surface area contributed by atoms with E-state index in [4.69, 9.17) is 0 Å². The first-order chi connectivity index (χ1) is 8.57. The molecule has 0 unspecified atom stereocenters. The number of rotatable bonds is 8. The number of benzene rings is 1. The van der Waals surface area contributed by atoms with Crippen molar-refractivity contribution < 1.29 is 8.42 Å². The Morgan fingerprint density at radius 1 is 1.00 bits per heavy atom. The van der Waals surface area contributed by atoms with Crippen molar-refractivity contribution in [1.29, 1.82) is 0 Å². The maximum atomic E-state index is 11.3. The van der Waals surface area contributed by atoms with Crippen molar-refractivity contribution in [3.05, 3.63) is 35.4 Å². The second kappa shape index (κ2) is 7.54. The van der Waals surface area contributed by atoms with Gasteiger partial charge in [0.15, 0.2) is 0 Å². The second-order valence-corrected chi connectivity index (χ2v) is 6.56. The average Bonchev–Trinajstić information content (AvgIpc) is 2.38. The lowest BCUT2D eigenvalue weighted by atomic mass is 10.1. The Labute approximate surface area is 111 Å². The highest BCUT2D eigenvalue weighted by atomic mass is 32.2. The summed E-state index contributed by atoms with van der Waals surface area (Å²) in [7, 11) is -3.06. The molecule has 0 spiro atoms. The van der Waals surface area contributed by atoms with Gasteiger partial charge in [0.2, 0.25) is 10.0 Å². The summed E-state index contributed by atoms with van der Waals surface area (Å²) >= 11 is 0. The Balaban J connectivity index is 2.39. The van der Waals surface area contributed by atoms with Gasteiger partial charge in [0.25, 0.3) is 0 Å². The van der Waals surface area contributed by atoms with Crippen LogP contribution in [0.1, 0.15) is 37.8 Å². The van der Waals surface area contributed by atoms with Crippen LogP contribution in [0, 0.1) is 0 Å². The van der Waals surface area contributed by atoms with Gasteiger partial charge < -0.3 is 0 Å². The first kappa shape index (κ1) is 15.2. The van der Waals surface area contributed by atoms with Gasteiger partial charge >= 0.3 is 0 Å². The van der Waals surface area contributed by atoms with Crippen LogP contribution in [-0.2, 0) is 22.9 Å². The predicted molar refractivity (Wildman–Crippen MR) is 76.2 cm³/mol. The lowest BCUT2D eigenvalue weighted by molar-refractivity contribution is 0.583. The highest BCUT2D eigenvalue weighted by molar-refractivity contribution is 7.89. The first-order valence-electron chi connectivity index (χ1n) is 6.62. The second-order valence-electron chi connectivity index (χ2n) is 4.47. The van der Waals surface area contributed by atoms with Gasteiger partial charge in [0.1, 0.15) is 0 Å². The number of hydrogen-bond donors (Lipinski definition) is 1. The maximum absolute atomic E-state index is 11.3. The molecule has 1 N–H and O–H groups in total. The summed E-state index contributed by atoms with van der Waals surface area (Å²) < 4.78 is 25.1. The SMILES string of the molecule is CCCCc1ccc(CCNS(=O)(=O)CC)cc1. The molecule has 18 heavy (non-hydrogen) atoms. The van der Waals surface area contributed by atoms with Gasteiger partial charge in [0.05, 0.1) is 5.75 Å². The van der Waals surface area contributed by atoms with Crippen molar-refractivity contribution >= 4 is 10.0 Å². The number of nitrogens with one attached hydrogen (secondary N) is 1. The smallest absolute Gasteiger partial charge is 0.211 e. The van der Waals surface area contributed by atoms with E-state index in [2.05, 4.69) is 35.9 Å². The van der Waals surface area contributed by atoms with Crippen molar-refractivity contribution in [3.8, 4) is 0 Å². The summed E-state index contributed by atoms with van der Waals surface area (Å²) in [5, 5.41) is 0. The summed E-state index contributed by atoms with van der Waals surface area (Å²) in [6, 6.07) is 8.45. The van der Waals surface area contributed by atoms with Gasteiger partial charge in [-0.2, -0.15) is 0 Å². The van der Waals surface area contributed by atoms with Crippen molar-refractivity contribution in [2.45, 2.75) is 39.5 Å². The molecule has 0 amide bonds. The van der Waals surface area contributed by atoms with Crippen LogP contribution >= 0.6 is 0 Å². The van der Waals surface area contributed by atoms with Crippen LogP contribution in [0.15, 0.2) is 24.3 Å². The van der Waals surface area contributed by atoms with Crippen LogP contribution in [0.5, 0.6) is 0 Å². The molecule has 0 saturated carbocycles. The van der Waals surface area contributed by atoms with Gasteiger partial charge in [-0.05, 0) is 37.3 Å². The van der Waals surface area contributed by atoms with E-state index in [0.29, 0.717) is 6.54 Å². The van der Waals surface area contributed by atoms with E-state index in [9.17, 15) is 8.42 Å². The molecule has 0 aliphatic heterocycles. The first-order valence-corrected chi connectivity index (χ1v) is 8.27. The summed E-state index contributed by atoms with van der Waals surface area (Å²) in [5.74, 6) is 0.142. The van der Waals surface area contributed by atoms with E-state index in [-0.39, 0.29) is 5.75 Å². The zero-order chi connectivity index (χ0) is 13.4. The Bertz CT molecular complexity index is 437. The molecule has 0 aromatic heterocycles. The quantitative estimate of drug-likeness (QED) is 0.788. The van der Waals surface area contributed by atoms with Gasteiger partial charge in [-0.1, -0.05) is 37.6 Å². The number of aryl methyl sites for hydroxylation is 1. The highest BCUT2D eigenvalue weighted by Gasteiger charge is 2.04. The monoisotopic (exact) mass is 269 g/mol. The standard InChI is InChI=1S/C14H23NO2S/c1-3-5-6-13-7-9-14(10-8-13)11-12-15-18(16,17)4-2/h7-10,15H,3-6,11-12H2,1-2H3. The molecular formula is C14H23NO2S. The summed E-state index contributed by atoms with van der Waals surface area (Å²) in [6.07, 6.45) is 4.29. The van der Waals surface area contributed by atoms with E-state index in [1.165, 1.54) is 24.0 Å². The molecule has 0 atom stereocenters. The summed E-state index contributed by atoms with van der Waals surface area (Å²) in [4.78, 5) is 0. The van der Waals surface area contributed by atoms with Crippen LogP contribution < -0.4 is 4.72 Å². The van der Waals surface area contributed by atoms with E-state index in [0.717, 1.165) is 12.8 Å². The molecule has 1 rings (SSSR count). The van der Waals surface area contributed by atoms with Gasteiger partial charge in [-0.25, -0.2) is 13.1 Å². The largest absolute Gasteiger partial charge is 0.215 e. The molecule has 0 aliphatic rings. The zero-order valence-corrected chi connectivity index (χ0v) is 12.1. The van der Waals surface area contributed by atoms with Gasteiger partial charge in [0, 0.05) is 6.54 Å². The molecule has 4 heteroatoms. The third-order valence-electron chi connectivity index (χ3n) is 2.96. The van der Waals surface area contributed by atoms with Crippen LogP contribution in [0.25, 0.3) is 0 Å². The number of unbranched alkanes of at least 4 members (excludes halogenated alkanes) is 1. The Morgan fingerprint density at radius 2 is 1.56 bits per heavy atom. The van der Waals surface area contributed by atoms with E-state index >= 15 is 0 Å². The van der Waals surface area contributed by atoms with Crippen LogP contribution in [0.4, 0.5) is 0 Å². The molecular weight excluding hydrogens is 246 g/mol. The zero-order valence-electron chi connectivity index (χ0n) is 11.3.